The van der Waals surface area contributed by atoms with Crippen LogP contribution in [0.5, 0.6) is 0 Å². The van der Waals surface area contributed by atoms with Crippen molar-refractivity contribution in [2.45, 2.75) is 6.10 Å². The highest BCUT2D eigenvalue weighted by Gasteiger charge is 2.18. The van der Waals surface area contributed by atoms with Crippen LogP contribution in [0, 0.1) is 11.6 Å². The number of carbonyl (C=O) groups excluding carboxylic acids is 1. The maximum atomic E-state index is 13.4. The van der Waals surface area contributed by atoms with Crippen molar-refractivity contribution in [3.8, 4) is 0 Å². The Hall–Kier alpha value is -1.28. The number of amides is 1. The molecule has 1 aromatic rings. The van der Waals surface area contributed by atoms with E-state index in [0.717, 1.165) is 12.1 Å². The number of hydrogen-bond donors (Lipinski definition) is 3. The van der Waals surface area contributed by atoms with Crippen LogP contribution in [-0.4, -0.2) is 44.4 Å². The van der Waals surface area contributed by atoms with E-state index >= 15 is 0 Å². The van der Waals surface area contributed by atoms with Crippen molar-refractivity contribution in [2.24, 2.45) is 0 Å². The summed E-state index contributed by atoms with van der Waals surface area (Å²) in [5.41, 5.74) is -0.444. The Kier molecular flexibility index (Phi) is 9.81. The van der Waals surface area contributed by atoms with Gasteiger partial charge in [0.15, 0.2) is 0 Å². The molecule has 0 aliphatic heterocycles. The average Bonchev–Trinajstić information content (AvgIpc) is 2.41. The summed E-state index contributed by atoms with van der Waals surface area (Å²) in [6.45, 7) is 0.753. The summed E-state index contributed by atoms with van der Waals surface area (Å²) in [5.74, 6) is -2.06. The van der Waals surface area contributed by atoms with Crippen LogP contribution in [-0.2, 0) is 9.53 Å². The van der Waals surface area contributed by atoms with E-state index < -0.39 is 23.3 Å². The normalized spacial score (nSPS) is 11.6. The molecule has 0 spiro atoms. The Bertz CT molecular complexity index is 429. The van der Waals surface area contributed by atoms with Crippen LogP contribution in [0.2, 0.25) is 0 Å². The summed E-state index contributed by atoms with van der Waals surface area (Å²) >= 11 is 0. The molecule has 1 atom stereocenters. The molecule has 0 fully saturated rings. The Morgan fingerprint density at radius 2 is 2.00 bits per heavy atom. The van der Waals surface area contributed by atoms with Crippen molar-refractivity contribution >= 4 is 18.3 Å². The van der Waals surface area contributed by atoms with Crippen molar-refractivity contribution in [3.05, 3.63) is 35.4 Å². The van der Waals surface area contributed by atoms with Crippen LogP contribution in [0.3, 0.4) is 0 Å². The van der Waals surface area contributed by atoms with Crippen LogP contribution >= 0.6 is 12.4 Å². The summed E-state index contributed by atoms with van der Waals surface area (Å²) < 4.78 is 31.5. The summed E-state index contributed by atoms with van der Waals surface area (Å²) in [5, 5.41) is 14.9. The number of aliphatic hydroxyl groups excluding tert-OH is 1. The van der Waals surface area contributed by atoms with Gasteiger partial charge in [0.25, 0.3) is 0 Å². The average molecular weight is 325 g/mol. The van der Waals surface area contributed by atoms with Gasteiger partial charge < -0.3 is 20.5 Å². The second kappa shape index (κ2) is 10.4. The van der Waals surface area contributed by atoms with Crippen LogP contribution in [0.25, 0.3) is 0 Å². The first-order valence-corrected chi connectivity index (χ1v) is 6.14. The van der Waals surface area contributed by atoms with E-state index in [1.807, 2.05) is 0 Å². The zero-order valence-electron chi connectivity index (χ0n) is 11.6. The molecule has 1 rings (SSSR count). The molecular formula is C13H19ClF2N2O3. The smallest absolute Gasteiger partial charge is 0.234 e. The number of ether oxygens (including phenoxy) is 1. The fourth-order valence-electron chi connectivity index (χ4n) is 1.58. The van der Waals surface area contributed by atoms with Gasteiger partial charge in [0.1, 0.15) is 17.7 Å². The van der Waals surface area contributed by atoms with Gasteiger partial charge in [0.2, 0.25) is 5.91 Å². The van der Waals surface area contributed by atoms with Crippen LogP contribution in [0.1, 0.15) is 11.7 Å². The van der Waals surface area contributed by atoms with Crippen molar-refractivity contribution in [1.29, 1.82) is 0 Å². The van der Waals surface area contributed by atoms with Crippen molar-refractivity contribution in [1.82, 2.24) is 10.6 Å². The molecule has 1 aromatic carbocycles. The van der Waals surface area contributed by atoms with Crippen LogP contribution < -0.4 is 10.6 Å². The third-order valence-corrected chi connectivity index (χ3v) is 2.59. The van der Waals surface area contributed by atoms with Gasteiger partial charge in [-0.05, 0) is 12.1 Å². The van der Waals surface area contributed by atoms with Gasteiger partial charge >= 0.3 is 0 Å². The predicted molar refractivity (Wildman–Crippen MR) is 76.3 cm³/mol. The topological polar surface area (TPSA) is 70.6 Å². The molecule has 0 heterocycles. The minimum atomic E-state index is -1.43. The first-order valence-electron chi connectivity index (χ1n) is 6.14. The van der Waals surface area contributed by atoms with Gasteiger partial charge in [-0.15, -0.1) is 12.4 Å². The first kappa shape index (κ1) is 19.7. The molecule has 0 bridgehead atoms. The van der Waals surface area contributed by atoms with E-state index in [1.54, 1.807) is 7.11 Å². The summed E-state index contributed by atoms with van der Waals surface area (Å²) in [4.78, 5) is 11.4. The highest BCUT2D eigenvalue weighted by Crippen LogP contribution is 2.19. The van der Waals surface area contributed by atoms with E-state index in [-0.39, 0.29) is 31.4 Å². The molecule has 0 aliphatic rings. The first-order chi connectivity index (χ1) is 9.56. The number of nitrogens with one attached hydrogen (secondary N) is 2. The van der Waals surface area contributed by atoms with Crippen molar-refractivity contribution in [3.63, 3.8) is 0 Å². The zero-order valence-corrected chi connectivity index (χ0v) is 12.4. The van der Waals surface area contributed by atoms with Gasteiger partial charge in [-0.25, -0.2) is 8.78 Å². The molecular weight excluding hydrogens is 306 g/mol. The number of rotatable bonds is 8. The number of halogens is 3. The number of methoxy groups -OCH3 is 1. The summed E-state index contributed by atoms with van der Waals surface area (Å²) in [7, 11) is 1.54. The third-order valence-electron chi connectivity index (χ3n) is 2.59. The molecule has 21 heavy (non-hydrogen) atoms. The van der Waals surface area contributed by atoms with E-state index in [1.165, 1.54) is 6.07 Å². The van der Waals surface area contributed by atoms with E-state index in [9.17, 15) is 18.7 Å². The fraction of sp³-hybridized carbons (Fsp3) is 0.462. The maximum absolute atomic E-state index is 13.4. The Morgan fingerprint density at radius 3 is 2.57 bits per heavy atom. The molecule has 120 valence electrons. The lowest BCUT2D eigenvalue weighted by atomic mass is 10.1. The number of hydrogen-bond acceptors (Lipinski definition) is 4. The van der Waals surface area contributed by atoms with E-state index in [2.05, 4.69) is 10.6 Å². The second-order valence-electron chi connectivity index (χ2n) is 4.12. The largest absolute Gasteiger partial charge is 0.386 e. The summed E-state index contributed by atoms with van der Waals surface area (Å²) in [6.07, 6.45) is -1.43. The van der Waals surface area contributed by atoms with E-state index in [0.29, 0.717) is 13.2 Å². The van der Waals surface area contributed by atoms with Crippen LogP contribution in [0.4, 0.5) is 8.78 Å². The zero-order chi connectivity index (χ0) is 15.0. The molecule has 5 nitrogen and oxygen atoms in total. The molecule has 0 saturated heterocycles. The van der Waals surface area contributed by atoms with Gasteiger partial charge in [-0.1, -0.05) is 6.07 Å². The number of carbonyl (C=O) groups is 1. The highest BCUT2D eigenvalue weighted by atomic mass is 35.5. The third kappa shape index (κ3) is 6.81. The minimum absolute atomic E-state index is 0. The maximum Gasteiger partial charge on any atom is 0.234 e. The standard InChI is InChI=1S/C13H18F2N2O3.ClH/c1-20-6-5-16-8-12(19)17-7-11(18)13-9(14)3-2-4-10(13)15;/h2-4,11,16,18H,5-8H2,1H3,(H,17,19);1H. The van der Waals surface area contributed by atoms with Crippen molar-refractivity contribution in [2.75, 3.05) is 33.4 Å². The molecule has 1 unspecified atom stereocenters. The van der Waals surface area contributed by atoms with Gasteiger partial charge in [0, 0.05) is 20.2 Å². The van der Waals surface area contributed by atoms with Gasteiger partial charge in [-0.2, -0.15) is 0 Å². The van der Waals surface area contributed by atoms with Gasteiger partial charge in [0.05, 0.1) is 18.7 Å². The molecule has 3 N–H and O–H groups in total. The lowest BCUT2D eigenvalue weighted by molar-refractivity contribution is -0.120. The Labute approximate surface area is 128 Å². The highest BCUT2D eigenvalue weighted by molar-refractivity contribution is 5.85. The quantitative estimate of drug-likeness (QED) is 0.618. The number of aliphatic hydroxyl groups is 1. The number of benzene rings is 1. The summed E-state index contributed by atoms with van der Waals surface area (Å²) in [6, 6.07) is 3.31. The van der Waals surface area contributed by atoms with Gasteiger partial charge in [-0.3, -0.25) is 4.79 Å². The van der Waals surface area contributed by atoms with Crippen molar-refractivity contribution < 1.29 is 23.4 Å². The molecule has 8 heteroatoms. The molecule has 0 aliphatic carbocycles. The monoisotopic (exact) mass is 324 g/mol. The molecule has 0 radical (unpaired) electrons. The minimum Gasteiger partial charge on any atom is -0.386 e. The Morgan fingerprint density at radius 1 is 1.38 bits per heavy atom. The van der Waals surface area contributed by atoms with E-state index in [4.69, 9.17) is 4.74 Å². The SMILES string of the molecule is COCCNCC(=O)NCC(O)c1c(F)cccc1F.Cl. The molecule has 0 saturated carbocycles. The predicted octanol–water partition coefficient (Wildman–Crippen LogP) is 0.772. The Balaban J connectivity index is 0.00000400. The second-order valence-corrected chi connectivity index (χ2v) is 4.12. The fourth-order valence-corrected chi connectivity index (χ4v) is 1.58. The lowest BCUT2D eigenvalue weighted by Crippen LogP contribution is -2.37. The van der Waals surface area contributed by atoms with Crippen LogP contribution in [0.15, 0.2) is 18.2 Å². The molecule has 1 amide bonds. The lowest BCUT2D eigenvalue weighted by Gasteiger charge is -2.14. The molecule has 0 aromatic heterocycles.